The van der Waals surface area contributed by atoms with Crippen molar-refractivity contribution in [1.29, 1.82) is 0 Å². The van der Waals surface area contributed by atoms with Gasteiger partial charge in [-0.15, -0.1) is 0 Å². The number of nitrogens with zero attached hydrogens (tertiary/aromatic N) is 3. The molecule has 3 aromatic carbocycles. The predicted octanol–water partition coefficient (Wildman–Crippen LogP) is 5.68. The largest absolute Gasteiger partial charge is 0.416 e. The van der Waals surface area contributed by atoms with E-state index in [4.69, 9.17) is 22.3 Å². The summed E-state index contributed by atoms with van der Waals surface area (Å²) in [6.45, 7) is 0. The van der Waals surface area contributed by atoms with Gasteiger partial charge in [-0.1, -0.05) is 11.6 Å². The molecule has 2 amide bonds. The highest BCUT2D eigenvalue weighted by atomic mass is 35.5. The van der Waals surface area contributed by atoms with Gasteiger partial charge in [0, 0.05) is 38.5 Å². The van der Waals surface area contributed by atoms with Crippen LogP contribution >= 0.6 is 11.6 Å². The molecule has 1 unspecified atom stereocenters. The molecule has 0 bridgehead atoms. The first-order chi connectivity index (χ1) is 20.4. The van der Waals surface area contributed by atoms with Crippen LogP contribution in [-0.2, 0) is 6.18 Å². The third-order valence-electron chi connectivity index (χ3n) is 6.81. The first-order valence-electron chi connectivity index (χ1n) is 12.3. The minimum absolute atomic E-state index is 0.00954. The maximum Gasteiger partial charge on any atom is 0.416 e. The van der Waals surface area contributed by atoms with Crippen molar-refractivity contribution in [3.63, 3.8) is 0 Å². The fourth-order valence-electron chi connectivity index (χ4n) is 4.94. The van der Waals surface area contributed by atoms with E-state index in [1.54, 1.807) is 12.1 Å². The Bertz CT molecular complexity index is 1960. The summed E-state index contributed by atoms with van der Waals surface area (Å²) in [6.07, 6.45) is -3.67. The molecule has 218 valence electrons. The van der Waals surface area contributed by atoms with Crippen molar-refractivity contribution in [2.45, 2.75) is 12.2 Å². The molecule has 6 rings (SSSR count). The summed E-state index contributed by atoms with van der Waals surface area (Å²) in [5.41, 5.74) is -0.828. The number of halogens is 6. The summed E-state index contributed by atoms with van der Waals surface area (Å²) in [5, 5.41) is 9.33. The summed E-state index contributed by atoms with van der Waals surface area (Å²) in [7, 11) is 0. The fraction of sp³-hybridized carbons (Fsp3) is 0.0714. The molecule has 3 heterocycles. The lowest BCUT2D eigenvalue weighted by molar-refractivity contribution is -0.137. The summed E-state index contributed by atoms with van der Waals surface area (Å²) < 4.78 is 69.7. The number of benzene rings is 3. The Labute approximate surface area is 243 Å². The number of aromatic nitrogens is 3. The van der Waals surface area contributed by atoms with Crippen LogP contribution in [0.15, 0.2) is 67.0 Å². The van der Waals surface area contributed by atoms with Gasteiger partial charge in [0.25, 0.3) is 11.8 Å². The lowest BCUT2D eigenvalue weighted by atomic mass is 9.92. The molecule has 1 aliphatic rings. The molecule has 9 nitrogen and oxygen atoms in total. The molecule has 0 spiro atoms. The molecule has 0 saturated carbocycles. The second kappa shape index (κ2) is 10.3. The molecule has 0 radical (unpaired) electrons. The Morgan fingerprint density at radius 1 is 1.02 bits per heavy atom. The van der Waals surface area contributed by atoms with E-state index in [1.807, 2.05) is 0 Å². The predicted molar refractivity (Wildman–Crippen MR) is 143 cm³/mol. The number of nitrogens with two attached hydrogens (primary N) is 1. The second-order valence-electron chi connectivity index (χ2n) is 9.44. The van der Waals surface area contributed by atoms with Gasteiger partial charge in [0.05, 0.1) is 11.6 Å². The number of carbonyl (C=O) groups is 2. The number of pyridine rings is 1. The van der Waals surface area contributed by atoms with Gasteiger partial charge in [0.15, 0.2) is 5.65 Å². The van der Waals surface area contributed by atoms with Gasteiger partial charge in [-0.2, -0.15) is 28.7 Å². The molecule has 0 saturated heterocycles. The van der Waals surface area contributed by atoms with Gasteiger partial charge in [-0.25, -0.2) is 13.8 Å². The highest BCUT2D eigenvalue weighted by Crippen LogP contribution is 2.43. The Hall–Kier alpha value is -5.08. The molecule has 1 aliphatic heterocycles. The summed E-state index contributed by atoms with van der Waals surface area (Å²) in [5.74, 6) is 1.85. The Balaban J connectivity index is 1.54. The van der Waals surface area contributed by atoms with Crippen LogP contribution < -0.4 is 21.4 Å². The van der Waals surface area contributed by atoms with Crippen molar-refractivity contribution < 1.29 is 36.4 Å². The second-order valence-corrected chi connectivity index (χ2v) is 9.85. The lowest BCUT2D eigenvalue weighted by Gasteiger charge is -2.19. The number of hydrogen-bond donors (Lipinski definition) is 3. The zero-order chi connectivity index (χ0) is 30.6. The highest BCUT2D eigenvalue weighted by Gasteiger charge is 2.36. The number of nitrogens with one attached hydrogen (secondary N) is 2. The average molecular weight is 615 g/mol. The third kappa shape index (κ3) is 5.00. The van der Waals surface area contributed by atoms with E-state index in [0.717, 1.165) is 12.1 Å². The van der Waals surface area contributed by atoms with Crippen molar-refractivity contribution in [1.82, 2.24) is 19.9 Å². The molecule has 5 aromatic rings. The van der Waals surface area contributed by atoms with E-state index in [1.165, 1.54) is 29.0 Å². The van der Waals surface area contributed by atoms with Gasteiger partial charge in [0.1, 0.15) is 18.0 Å². The first-order valence-corrected chi connectivity index (χ1v) is 12.6. The van der Waals surface area contributed by atoms with Crippen molar-refractivity contribution in [2.24, 2.45) is 5.90 Å². The van der Waals surface area contributed by atoms with Gasteiger partial charge >= 0.3 is 6.18 Å². The number of amides is 2. The molecule has 4 N–H and O–H groups in total. The quantitative estimate of drug-likeness (QED) is 0.173. The zero-order valence-corrected chi connectivity index (χ0v) is 22.1. The number of alkyl halides is 3. The number of carbonyl (C=O) groups excluding carboxylic acids is 2. The maximum absolute atomic E-state index is 14.2. The van der Waals surface area contributed by atoms with Gasteiger partial charge in [-0.05, 0) is 66.2 Å². The normalized spacial score (nSPS) is 14.5. The number of anilines is 1. The Kier molecular flexibility index (Phi) is 6.74. The monoisotopic (exact) mass is 614 g/mol. The standard InChI is InChI=1S/C28H16ClF5N6O3/c29-20-3-1-15(30)10-18(20)24-23-19(26(42)39-24)7-12(17-2-4-22-36-11-37-40(22)27(17)43-35)8-21(23)38-25(41)13-5-14(28(32,33)34)9-16(31)6-13/h1-11,24H,35H2,(H,38,41)(H,39,42). The van der Waals surface area contributed by atoms with E-state index in [-0.39, 0.29) is 44.9 Å². The third-order valence-corrected chi connectivity index (χ3v) is 7.16. The van der Waals surface area contributed by atoms with Crippen LogP contribution in [-0.4, -0.2) is 26.4 Å². The lowest BCUT2D eigenvalue weighted by Crippen LogP contribution is -2.21. The van der Waals surface area contributed by atoms with E-state index in [9.17, 15) is 31.5 Å². The molecule has 15 heteroatoms. The van der Waals surface area contributed by atoms with Crippen LogP contribution in [0.1, 0.15) is 43.4 Å². The number of fused-ring (bicyclic) bond motifs is 2. The Morgan fingerprint density at radius 2 is 1.81 bits per heavy atom. The van der Waals surface area contributed by atoms with Crippen molar-refractivity contribution in [3.05, 3.63) is 111 Å². The minimum Gasteiger partial charge on any atom is -0.390 e. The van der Waals surface area contributed by atoms with Crippen LogP contribution in [0.3, 0.4) is 0 Å². The molecule has 1 atom stereocenters. The van der Waals surface area contributed by atoms with Crippen LogP contribution in [0.2, 0.25) is 5.02 Å². The van der Waals surface area contributed by atoms with E-state index in [0.29, 0.717) is 23.3 Å². The summed E-state index contributed by atoms with van der Waals surface area (Å²) in [6, 6.07) is 9.82. The van der Waals surface area contributed by atoms with Crippen LogP contribution in [0.4, 0.5) is 27.6 Å². The van der Waals surface area contributed by atoms with E-state index in [2.05, 4.69) is 20.7 Å². The number of hydrogen-bond acceptors (Lipinski definition) is 6. The van der Waals surface area contributed by atoms with Crippen molar-refractivity contribution >= 4 is 34.7 Å². The Morgan fingerprint density at radius 3 is 2.56 bits per heavy atom. The molecule has 0 aliphatic carbocycles. The number of rotatable bonds is 5. The molecule has 0 fully saturated rings. The maximum atomic E-state index is 14.2. The molecule has 43 heavy (non-hydrogen) atoms. The smallest absolute Gasteiger partial charge is 0.390 e. The zero-order valence-electron chi connectivity index (χ0n) is 21.3. The van der Waals surface area contributed by atoms with Crippen molar-refractivity contribution in [2.75, 3.05) is 5.32 Å². The highest BCUT2D eigenvalue weighted by molar-refractivity contribution is 6.31. The van der Waals surface area contributed by atoms with Crippen LogP contribution in [0.25, 0.3) is 16.8 Å². The topological polar surface area (TPSA) is 124 Å². The summed E-state index contributed by atoms with van der Waals surface area (Å²) >= 11 is 6.33. The van der Waals surface area contributed by atoms with Gasteiger partial charge < -0.3 is 15.5 Å². The van der Waals surface area contributed by atoms with Gasteiger partial charge in [-0.3, -0.25) is 9.59 Å². The SMILES string of the molecule is NOc1c(-c2cc(NC(=O)c3cc(F)cc(C(F)(F)F)c3)c3c(c2)C(=O)NC3c2cc(F)ccc2Cl)ccc2ncnn12. The molecule has 2 aromatic heterocycles. The molecular formula is C28H16ClF5N6O3. The fourth-order valence-corrected chi connectivity index (χ4v) is 5.16. The first kappa shape index (κ1) is 28.1. The van der Waals surface area contributed by atoms with Crippen LogP contribution in [0, 0.1) is 11.6 Å². The average Bonchev–Trinajstić information content (AvgIpc) is 3.57. The van der Waals surface area contributed by atoms with E-state index < -0.39 is 46.8 Å². The summed E-state index contributed by atoms with van der Waals surface area (Å²) in [4.78, 5) is 35.6. The van der Waals surface area contributed by atoms with Crippen LogP contribution in [0.5, 0.6) is 5.88 Å². The van der Waals surface area contributed by atoms with Crippen molar-refractivity contribution in [3.8, 4) is 17.0 Å². The van der Waals surface area contributed by atoms with E-state index >= 15 is 0 Å². The minimum atomic E-state index is -4.92. The van der Waals surface area contributed by atoms with Gasteiger partial charge in [0.2, 0.25) is 5.88 Å². The molecular weight excluding hydrogens is 599 g/mol.